The molecule has 0 fully saturated rings. The molecule has 1 unspecified atom stereocenters. The Hall–Kier alpha value is -2.74. The highest BCUT2D eigenvalue weighted by molar-refractivity contribution is 7.09. The van der Waals surface area contributed by atoms with Gasteiger partial charge < -0.3 is 14.1 Å². The van der Waals surface area contributed by atoms with E-state index in [4.69, 9.17) is 9.15 Å². The van der Waals surface area contributed by atoms with Crippen LogP contribution >= 0.6 is 11.3 Å². The Morgan fingerprint density at radius 1 is 1.44 bits per heavy atom. The lowest BCUT2D eigenvalue weighted by molar-refractivity contribution is 0.0736. The van der Waals surface area contributed by atoms with Gasteiger partial charge in [0.25, 0.3) is 5.91 Å². The standard InChI is InChI=1S/C17H16FN3O3S/c1-11(16-19-7-8-25-16)21(2)17(22)13-9-24-15(20-13)10-23-14-6-4-3-5-12(14)18/h3-9,11H,10H2,1-2H3. The van der Waals surface area contributed by atoms with E-state index in [1.54, 1.807) is 25.4 Å². The van der Waals surface area contributed by atoms with E-state index in [0.29, 0.717) is 0 Å². The van der Waals surface area contributed by atoms with Crippen molar-refractivity contribution in [3.8, 4) is 5.75 Å². The van der Waals surface area contributed by atoms with Crippen LogP contribution in [-0.2, 0) is 6.61 Å². The Labute approximate surface area is 147 Å². The van der Waals surface area contributed by atoms with E-state index in [0.717, 1.165) is 5.01 Å². The molecule has 0 saturated carbocycles. The van der Waals surface area contributed by atoms with Crippen molar-refractivity contribution in [2.24, 2.45) is 0 Å². The van der Waals surface area contributed by atoms with Gasteiger partial charge in [-0.3, -0.25) is 4.79 Å². The number of hydrogen-bond acceptors (Lipinski definition) is 6. The molecule has 6 nitrogen and oxygen atoms in total. The van der Waals surface area contributed by atoms with E-state index in [-0.39, 0.29) is 35.9 Å². The highest BCUT2D eigenvalue weighted by Gasteiger charge is 2.23. The molecule has 2 heterocycles. The Bertz CT molecular complexity index is 850. The van der Waals surface area contributed by atoms with Crippen LogP contribution in [0.4, 0.5) is 4.39 Å². The number of carbonyl (C=O) groups excluding carboxylic acids is 1. The second-order valence-electron chi connectivity index (χ2n) is 5.31. The summed E-state index contributed by atoms with van der Waals surface area (Å²) in [6.07, 6.45) is 2.97. The number of ether oxygens (including phenoxy) is 1. The molecule has 0 radical (unpaired) electrons. The normalized spacial score (nSPS) is 12.0. The van der Waals surface area contributed by atoms with E-state index < -0.39 is 5.82 Å². The number of amides is 1. The van der Waals surface area contributed by atoms with E-state index in [9.17, 15) is 9.18 Å². The third-order valence-corrected chi connectivity index (χ3v) is 4.61. The van der Waals surface area contributed by atoms with Crippen molar-refractivity contribution in [1.29, 1.82) is 0 Å². The molecule has 25 heavy (non-hydrogen) atoms. The van der Waals surface area contributed by atoms with Gasteiger partial charge in [-0.05, 0) is 19.1 Å². The summed E-state index contributed by atoms with van der Waals surface area (Å²) in [6, 6.07) is 5.87. The van der Waals surface area contributed by atoms with Crippen molar-refractivity contribution in [2.45, 2.75) is 19.6 Å². The maximum Gasteiger partial charge on any atom is 0.276 e. The lowest BCUT2D eigenvalue weighted by Gasteiger charge is -2.21. The van der Waals surface area contributed by atoms with Gasteiger partial charge >= 0.3 is 0 Å². The van der Waals surface area contributed by atoms with Crippen LogP contribution in [0.2, 0.25) is 0 Å². The van der Waals surface area contributed by atoms with Crippen molar-refractivity contribution >= 4 is 17.2 Å². The lowest BCUT2D eigenvalue weighted by Crippen LogP contribution is -2.29. The van der Waals surface area contributed by atoms with Gasteiger partial charge in [-0.15, -0.1) is 11.3 Å². The number of halogens is 1. The molecule has 2 aromatic heterocycles. The number of carbonyl (C=O) groups is 1. The summed E-state index contributed by atoms with van der Waals surface area (Å²) in [5.74, 6) is -0.462. The van der Waals surface area contributed by atoms with Gasteiger partial charge in [-0.2, -0.15) is 0 Å². The fourth-order valence-corrected chi connectivity index (χ4v) is 2.88. The van der Waals surface area contributed by atoms with Gasteiger partial charge in [0.1, 0.15) is 11.3 Å². The maximum absolute atomic E-state index is 13.5. The van der Waals surface area contributed by atoms with Crippen molar-refractivity contribution < 1.29 is 18.3 Å². The Morgan fingerprint density at radius 2 is 2.24 bits per heavy atom. The average molecular weight is 361 g/mol. The number of nitrogens with zero attached hydrogens (tertiary/aromatic N) is 3. The van der Waals surface area contributed by atoms with Gasteiger partial charge in [-0.1, -0.05) is 12.1 Å². The summed E-state index contributed by atoms with van der Waals surface area (Å²) in [7, 11) is 1.68. The quantitative estimate of drug-likeness (QED) is 0.670. The molecule has 1 atom stereocenters. The Morgan fingerprint density at radius 3 is 2.96 bits per heavy atom. The van der Waals surface area contributed by atoms with Crippen LogP contribution in [-0.4, -0.2) is 27.8 Å². The first-order valence-electron chi connectivity index (χ1n) is 7.54. The first-order valence-corrected chi connectivity index (χ1v) is 8.42. The molecule has 0 spiro atoms. The molecular formula is C17H16FN3O3S. The first-order chi connectivity index (χ1) is 12.1. The number of aromatic nitrogens is 2. The van der Waals surface area contributed by atoms with E-state index in [1.165, 1.54) is 34.6 Å². The number of rotatable bonds is 6. The van der Waals surface area contributed by atoms with Crippen LogP contribution in [0.3, 0.4) is 0 Å². The maximum atomic E-state index is 13.5. The zero-order valence-corrected chi connectivity index (χ0v) is 14.5. The van der Waals surface area contributed by atoms with Crippen LogP contribution in [0.15, 0.2) is 46.5 Å². The summed E-state index contributed by atoms with van der Waals surface area (Å²) in [6.45, 7) is 1.82. The summed E-state index contributed by atoms with van der Waals surface area (Å²) in [5.41, 5.74) is 0.165. The molecule has 0 aliphatic heterocycles. The molecule has 3 aromatic rings. The predicted octanol–water partition coefficient (Wildman–Crippen LogP) is 3.68. The monoisotopic (exact) mass is 361 g/mol. The van der Waals surface area contributed by atoms with Gasteiger partial charge in [0.2, 0.25) is 5.89 Å². The summed E-state index contributed by atoms with van der Waals surface area (Å²) < 4.78 is 24.1. The minimum Gasteiger partial charge on any atom is -0.481 e. The number of oxazole rings is 1. The molecular weight excluding hydrogens is 345 g/mol. The van der Waals surface area contributed by atoms with Crippen LogP contribution in [0.25, 0.3) is 0 Å². The molecule has 0 bridgehead atoms. The van der Waals surface area contributed by atoms with Gasteiger partial charge in [-0.25, -0.2) is 14.4 Å². The number of thiazole rings is 1. The van der Waals surface area contributed by atoms with Crippen molar-refractivity contribution in [2.75, 3.05) is 7.05 Å². The fraction of sp³-hybridized carbons (Fsp3) is 0.235. The summed E-state index contributed by atoms with van der Waals surface area (Å²) >= 11 is 1.48. The number of para-hydroxylation sites is 1. The van der Waals surface area contributed by atoms with Gasteiger partial charge in [0.15, 0.2) is 23.9 Å². The highest BCUT2D eigenvalue weighted by atomic mass is 32.1. The minimum absolute atomic E-state index is 0.0695. The molecule has 0 aliphatic carbocycles. The number of benzene rings is 1. The zero-order valence-electron chi connectivity index (χ0n) is 13.7. The Balaban J connectivity index is 1.64. The van der Waals surface area contributed by atoms with Crippen molar-refractivity contribution in [3.05, 3.63) is 64.5 Å². The highest BCUT2D eigenvalue weighted by Crippen LogP contribution is 2.22. The SMILES string of the molecule is CC(c1nccs1)N(C)C(=O)c1coc(COc2ccccc2F)n1. The second kappa shape index (κ2) is 7.43. The van der Waals surface area contributed by atoms with E-state index in [2.05, 4.69) is 9.97 Å². The second-order valence-corrected chi connectivity index (χ2v) is 6.23. The molecule has 0 saturated heterocycles. The first kappa shape index (κ1) is 17.1. The molecule has 8 heteroatoms. The van der Waals surface area contributed by atoms with Crippen molar-refractivity contribution in [3.63, 3.8) is 0 Å². The molecule has 0 aliphatic rings. The fourth-order valence-electron chi connectivity index (χ4n) is 2.14. The largest absolute Gasteiger partial charge is 0.481 e. The molecule has 130 valence electrons. The third-order valence-electron chi connectivity index (χ3n) is 3.67. The topological polar surface area (TPSA) is 68.5 Å². The number of hydrogen-bond donors (Lipinski definition) is 0. The third kappa shape index (κ3) is 3.85. The predicted molar refractivity (Wildman–Crippen MR) is 89.9 cm³/mol. The van der Waals surface area contributed by atoms with Crippen molar-refractivity contribution in [1.82, 2.24) is 14.9 Å². The van der Waals surface area contributed by atoms with E-state index in [1.807, 2.05) is 12.3 Å². The summed E-state index contributed by atoms with van der Waals surface area (Å²) in [4.78, 5) is 22.4. The van der Waals surface area contributed by atoms with E-state index >= 15 is 0 Å². The minimum atomic E-state index is -0.470. The van der Waals surface area contributed by atoms with Gasteiger partial charge in [0, 0.05) is 18.6 Å². The van der Waals surface area contributed by atoms with Crippen LogP contribution in [0, 0.1) is 5.82 Å². The average Bonchev–Trinajstić information content (AvgIpc) is 3.31. The molecule has 1 aromatic carbocycles. The lowest BCUT2D eigenvalue weighted by atomic mass is 10.3. The summed E-state index contributed by atoms with van der Waals surface area (Å²) in [5, 5.41) is 2.70. The Kier molecular flexibility index (Phi) is 5.08. The van der Waals surface area contributed by atoms with Gasteiger partial charge in [0.05, 0.1) is 6.04 Å². The molecule has 3 rings (SSSR count). The molecule has 0 N–H and O–H groups in total. The van der Waals surface area contributed by atoms with Crippen LogP contribution < -0.4 is 4.74 Å². The smallest absolute Gasteiger partial charge is 0.276 e. The zero-order chi connectivity index (χ0) is 17.8. The van der Waals surface area contributed by atoms with Crippen LogP contribution in [0.5, 0.6) is 5.75 Å². The van der Waals surface area contributed by atoms with Crippen LogP contribution in [0.1, 0.15) is 34.4 Å². The molecule has 1 amide bonds.